The number of hydrogen-bond acceptors (Lipinski definition) is 10. The smallest absolute Gasteiger partial charge is 0.239 e. The summed E-state index contributed by atoms with van der Waals surface area (Å²) >= 11 is 0. The molecule has 0 aromatic heterocycles. The lowest BCUT2D eigenvalue weighted by molar-refractivity contribution is -0.258. The van der Waals surface area contributed by atoms with Gasteiger partial charge in [-0.25, -0.2) is 0 Å². The highest BCUT2D eigenvalue weighted by Crippen LogP contribution is 2.62. The van der Waals surface area contributed by atoms with E-state index in [0.717, 1.165) is 67.4 Å². The van der Waals surface area contributed by atoms with Gasteiger partial charge in [0, 0.05) is 44.1 Å². The van der Waals surface area contributed by atoms with E-state index in [4.69, 9.17) is 33.7 Å². The molecule has 11 nitrogen and oxygen atoms in total. The van der Waals surface area contributed by atoms with Gasteiger partial charge >= 0.3 is 0 Å². The van der Waals surface area contributed by atoms with E-state index < -0.39 is 17.7 Å². The molecule has 0 spiro atoms. The molecule has 11 heteroatoms. The average Bonchev–Trinajstić information content (AvgIpc) is 3.76. The van der Waals surface area contributed by atoms with Gasteiger partial charge in [-0.2, -0.15) is 0 Å². The zero-order chi connectivity index (χ0) is 43.7. The molecule has 2 heterocycles. The van der Waals surface area contributed by atoms with E-state index in [-0.39, 0.29) is 50.3 Å². The monoisotopic (exact) mass is 857 g/mol. The summed E-state index contributed by atoms with van der Waals surface area (Å²) < 4.78 is 32.2. The van der Waals surface area contributed by atoms with Gasteiger partial charge in [0.15, 0.2) is 11.5 Å². The Morgan fingerprint density at radius 2 is 1.58 bits per heavy atom. The maximum Gasteiger partial charge on any atom is 0.239 e. The Bertz CT molecular complexity index is 1830. The normalized spacial score (nSPS) is 23.8. The first kappa shape index (κ1) is 47.2. The Hall–Kier alpha value is -4.32. The number of rotatable bonds is 28. The number of fused-ring (bicyclic) bond motifs is 3. The molecule has 2 aromatic rings. The third-order valence-corrected chi connectivity index (χ3v) is 13.2. The molecule has 340 valence electrons. The lowest BCUT2D eigenvalue weighted by Crippen LogP contribution is -2.70. The zero-order valence-corrected chi connectivity index (χ0v) is 37.4. The molecule has 1 amide bonds. The number of aliphatic hydroxyl groups excluding tert-OH is 2. The molecule has 2 aliphatic carbocycles. The summed E-state index contributed by atoms with van der Waals surface area (Å²) in [6.07, 6.45) is 21.8. The lowest BCUT2D eigenvalue weighted by Gasteiger charge is -2.60. The first-order valence-corrected chi connectivity index (χ1v) is 23.5. The van der Waals surface area contributed by atoms with Crippen molar-refractivity contribution >= 4 is 11.6 Å². The summed E-state index contributed by atoms with van der Waals surface area (Å²) in [7, 11) is 1.57. The molecule has 2 aromatic carbocycles. The van der Waals surface area contributed by atoms with Gasteiger partial charge in [-0.15, -0.1) is 6.58 Å². The number of benzene rings is 2. The number of ether oxygens (including phenoxy) is 5. The first-order valence-electron chi connectivity index (χ1n) is 23.5. The van der Waals surface area contributed by atoms with Crippen LogP contribution >= 0.6 is 0 Å². The summed E-state index contributed by atoms with van der Waals surface area (Å²) in [5.74, 6) is 1.13. The second-order valence-corrected chi connectivity index (χ2v) is 17.3. The lowest BCUT2D eigenvalue weighted by atomic mass is 9.55. The molecule has 1 saturated carbocycles. The molecule has 1 fully saturated rings. The number of allylic oxidation sites excluding steroid dienone is 1. The van der Waals surface area contributed by atoms with E-state index in [9.17, 15) is 10.2 Å². The Morgan fingerprint density at radius 1 is 0.871 bits per heavy atom. The first-order chi connectivity index (χ1) is 30.4. The maximum absolute atomic E-state index is 15.1. The van der Waals surface area contributed by atoms with Crippen LogP contribution in [-0.4, -0.2) is 78.9 Å². The second-order valence-electron chi connectivity index (χ2n) is 17.3. The maximum atomic E-state index is 15.1. The summed E-state index contributed by atoms with van der Waals surface area (Å²) in [6, 6.07) is 11.3. The van der Waals surface area contributed by atoms with Crippen molar-refractivity contribution in [3.05, 3.63) is 84.5 Å². The van der Waals surface area contributed by atoms with E-state index in [0.29, 0.717) is 61.8 Å². The van der Waals surface area contributed by atoms with Gasteiger partial charge in [0.25, 0.3) is 0 Å². The predicted octanol–water partition coefficient (Wildman–Crippen LogP) is 10.2. The van der Waals surface area contributed by atoms with Gasteiger partial charge in [0.2, 0.25) is 18.5 Å². The van der Waals surface area contributed by atoms with Gasteiger partial charge in [-0.1, -0.05) is 107 Å². The van der Waals surface area contributed by atoms with Crippen molar-refractivity contribution in [2.24, 2.45) is 22.9 Å². The van der Waals surface area contributed by atoms with Gasteiger partial charge in [-0.05, 0) is 85.4 Å². The highest BCUT2D eigenvalue weighted by molar-refractivity contribution is 6.03. The summed E-state index contributed by atoms with van der Waals surface area (Å²) in [4.78, 5) is 22.7. The fourth-order valence-electron chi connectivity index (χ4n) is 10.3. The van der Waals surface area contributed by atoms with Crippen LogP contribution in [0.1, 0.15) is 133 Å². The van der Waals surface area contributed by atoms with Crippen molar-refractivity contribution in [3.8, 4) is 23.0 Å². The van der Waals surface area contributed by atoms with Crippen LogP contribution in [0.15, 0.2) is 78.5 Å². The number of carbonyl (C=O) groups excluding carboxylic acids is 1. The van der Waals surface area contributed by atoms with E-state index in [1.165, 1.54) is 38.5 Å². The third-order valence-electron chi connectivity index (χ3n) is 13.2. The molecule has 62 heavy (non-hydrogen) atoms. The number of oxime groups is 1. The standard InChI is InChI=1S/C51H72N2O9/c1-5-8-9-10-11-12-13-14-15-22-48(56)53(35-37-23-25-45-46(31-37)60-36-59-45)47-34-43(52-57-4)41-32-38(20-16-18-27-54)40(21-17-19-28-55)49-42-33-39(58-29-6-2)24-26-44(42)62-51(47,50(41)49)61-30-7-3/h6-7,23-26,31-33,38,40,47,49-50,54-55H,2-3,5,8-22,27-30,34-36H2,1,4H3. The molecular weight excluding hydrogens is 785 g/mol. The van der Waals surface area contributed by atoms with Gasteiger partial charge < -0.3 is 43.6 Å². The number of aliphatic hydroxyl groups is 2. The Kier molecular flexibility index (Phi) is 18.2. The molecule has 6 rings (SSSR count). The minimum Gasteiger partial charge on any atom is -0.490 e. The van der Waals surface area contributed by atoms with Crippen molar-refractivity contribution in [1.82, 2.24) is 4.90 Å². The molecule has 2 aliphatic heterocycles. The van der Waals surface area contributed by atoms with E-state index in [1.54, 1.807) is 19.3 Å². The van der Waals surface area contributed by atoms with Crippen molar-refractivity contribution in [2.45, 2.75) is 140 Å². The number of hydrogen-bond donors (Lipinski definition) is 2. The van der Waals surface area contributed by atoms with Crippen molar-refractivity contribution < 1.29 is 43.5 Å². The minimum atomic E-state index is -1.34. The topological polar surface area (TPSA) is 129 Å². The minimum absolute atomic E-state index is 0.0256. The quantitative estimate of drug-likeness (QED) is 0.0488. The molecule has 0 bridgehead atoms. The fraction of sp³-hybridized carbons (Fsp3) is 0.608. The summed E-state index contributed by atoms with van der Waals surface area (Å²) in [5, 5.41) is 24.6. The molecule has 4 aliphatic rings. The highest BCUT2D eigenvalue weighted by Gasteiger charge is 2.65. The second kappa shape index (κ2) is 23.9. The summed E-state index contributed by atoms with van der Waals surface area (Å²) in [6.45, 7) is 11.4. The van der Waals surface area contributed by atoms with Crippen molar-refractivity contribution in [1.29, 1.82) is 0 Å². The highest BCUT2D eigenvalue weighted by atomic mass is 16.7. The fourth-order valence-corrected chi connectivity index (χ4v) is 10.3. The average molecular weight is 857 g/mol. The van der Waals surface area contributed by atoms with Crippen LogP contribution in [-0.2, 0) is 20.9 Å². The number of amides is 1. The zero-order valence-electron chi connectivity index (χ0n) is 37.4. The largest absolute Gasteiger partial charge is 0.490 e. The Morgan fingerprint density at radius 3 is 2.31 bits per heavy atom. The predicted molar refractivity (Wildman–Crippen MR) is 243 cm³/mol. The Balaban J connectivity index is 1.47. The van der Waals surface area contributed by atoms with E-state index >= 15 is 4.79 Å². The summed E-state index contributed by atoms with van der Waals surface area (Å²) in [5.41, 5.74) is 3.69. The van der Waals surface area contributed by atoms with Crippen molar-refractivity contribution in [3.63, 3.8) is 0 Å². The SMILES string of the molecule is C=CCOc1ccc2c(c1)C1C(CCCCO)C(CCCCO)C=C3C(=NOC)CC(N(Cc4ccc5c(c4)OCO5)C(=O)CCCCCCCCCCC)C(OCC=C)(O2)C31. The number of unbranched alkanes of at least 4 members (excludes halogenated alkanes) is 10. The Labute approximate surface area is 370 Å². The van der Waals surface area contributed by atoms with Crippen LogP contribution in [0.4, 0.5) is 0 Å². The van der Waals surface area contributed by atoms with Crippen LogP contribution in [0.5, 0.6) is 23.0 Å². The molecule has 0 saturated heterocycles. The van der Waals surface area contributed by atoms with Gasteiger partial charge in [0.1, 0.15) is 31.3 Å². The van der Waals surface area contributed by atoms with Crippen LogP contribution in [0.2, 0.25) is 0 Å². The molecule has 6 unspecified atom stereocenters. The molecule has 0 radical (unpaired) electrons. The molecule has 6 atom stereocenters. The molecular formula is C51H72N2O9. The molecule has 2 N–H and O–H groups in total. The van der Waals surface area contributed by atoms with Gasteiger partial charge in [0.05, 0.1) is 18.2 Å². The van der Waals surface area contributed by atoms with Crippen LogP contribution in [0.25, 0.3) is 0 Å². The van der Waals surface area contributed by atoms with E-state index in [2.05, 4.69) is 32.2 Å². The van der Waals surface area contributed by atoms with Gasteiger partial charge in [-0.3, -0.25) is 4.79 Å². The number of carbonyl (C=O) groups is 1. The van der Waals surface area contributed by atoms with E-state index in [1.807, 2.05) is 35.2 Å². The number of nitrogens with zero attached hydrogens (tertiary/aromatic N) is 2. The van der Waals surface area contributed by atoms with Crippen LogP contribution < -0.4 is 18.9 Å². The van der Waals surface area contributed by atoms with Crippen LogP contribution in [0, 0.1) is 17.8 Å². The van der Waals surface area contributed by atoms with Crippen LogP contribution in [0.3, 0.4) is 0 Å². The van der Waals surface area contributed by atoms with Crippen molar-refractivity contribution in [2.75, 3.05) is 40.3 Å². The third kappa shape index (κ3) is 11.2.